The van der Waals surface area contributed by atoms with Crippen molar-refractivity contribution in [1.29, 1.82) is 0 Å². The molecule has 0 saturated heterocycles. The quantitative estimate of drug-likeness (QED) is 0.909. The number of hydrogen-bond acceptors (Lipinski definition) is 4. The minimum Gasteiger partial charge on any atom is -0.493 e. The van der Waals surface area contributed by atoms with Crippen LogP contribution in [0.1, 0.15) is 29.8 Å². The first-order chi connectivity index (χ1) is 9.60. The van der Waals surface area contributed by atoms with Crippen LogP contribution >= 0.6 is 0 Å². The zero-order chi connectivity index (χ0) is 14.7. The average molecular weight is 276 g/mol. The van der Waals surface area contributed by atoms with E-state index in [-0.39, 0.29) is 0 Å². The number of ether oxygens (including phenoxy) is 2. The minimum atomic E-state index is -0.832. The van der Waals surface area contributed by atoms with Gasteiger partial charge in [0.05, 0.1) is 25.0 Å². The van der Waals surface area contributed by atoms with Crippen molar-refractivity contribution in [2.45, 2.75) is 20.0 Å². The predicted octanol–water partition coefficient (Wildman–Crippen LogP) is 2.22. The molecule has 0 aliphatic heterocycles. The monoisotopic (exact) mass is 276 g/mol. The maximum atomic E-state index is 10.7. The van der Waals surface area contributed by atoms with Crippen molar-refractivity contribution in [3.05, 3.63) is 41.1 Å². The third kappa shape index (κ3) is 2.49. The molecule has 20 heavy (non-hydrogen) atoms. The van der Waals surface area contributed by atoms with Crippen LogP contribution in [0.15, 0.2) is 24.3 Å². The molecule has 5 nitrogen and oxygen atoms in total. The highest BCUT2D eigenvalue weighted by Crippen LogP contribution is 2.36. The van der Waals surface area contributed by atoms with E-state index in [1.54, 1.807) is 18.8 Å². The lowest BCUT2D eigenvalue weighted by Crippen LogP contribution is -2.06. The molecule has 1 atom stereocenters. The second kappa shape index (κ2) is 5.96. The molecule has 2 aromatic rings. The van der Waals surface area contributed by atoms with Gasteiger partial charge in [0.25, 0.3) is 0 Å². The molecule has 0 saturated carbocycles. The summed E-state index contributed by atoms with van der Waals surface area (Å²) in [4.78, 5) is 0. The predicted molar refractivity (Wildman–Crippen MR) is 76.2 cm³/mol. The van der Waals surface area contributed by atoms with Crippen LogP contribution in [0.4, 0.5) is 0 Å². The Morgan fingerprint density at radius 1 is 1.35 bits per heavy atom. The summed E-state index contributed by atoms with van der Waals surface area (Å²) in [5.74, 6) is 1.23. The molecule has 1 unspecified atom stereocenters. The molecule has 0 aliphatic rings. The molecule has 0 fully saturated rings. The molecule has 1 aromatic carbocycles. The van der Waals surface area contributed by atoms with Crippen LogP contribution in [-0.2, 0) is 7.05 Å². The van der Waals surface area contributed by atoms with Gasteiger partial charge in [-0.2, -0.15) is 5.10 Å². The Morgan fingerprint density at radius 2 is 2.05 bits per heavy atom. The fourth-order valence-electron chi connectivity index (χ4n) is 2.36. The molecule has 108 valence electrons. The van der Waals surface area contributed by atoms with Crippen LogP contribution in [0.3, 0.4) is 0 Å². The number of hydrogen-bond donors (Lipinski definition) is 1. The Morgan fingerprint density at radius 3 is 2.70 bits per heavy atom. The maximum Gasteiger partial charge on any atom is 0.217 e. The summed E-state index contributed by atoms with van der Waals surface area (Å²) < 4.78 is 12.5. The van der Waals surface area contributed by atoms with Crippen LogP contribution in [0.5, 0.6) is 11.6 Å². The van der Waals surface area contributed by atoms with Crippen LogP contribution in [-0.4, -0.2) is 28.6 Å². The Kier molecular flexibility index (Phi) is 4.29. The lowest BCUT2D eigenvalue weighted by atomic mass is 10.0. The highest BCUT2D eigenvalue weighted by molar-refractivity contribution is 5.45. The average Bonchev–Trinajstić information content (AvgIpc) is 2.73. The molecule has 0 bridgehead atoms. The van der Waals surface area contributed by atoms with Gasteiger partial charge in [-0.15, -0.1) is 0 Å². The largest absolute Gasteiger partial charge is 0.493 e. The highest BCUT2D eigenvalue weighted by Gasteiger charge is 2.25. The van der Waals surface area contributed by atoms with E-state index < -0.39 is 6.10 Å². The molecule has 0 amide bonds. The molecule has 0 spiro atoms. The Bertz CT molecular complexity index is 593. The van der Waals surface area contributed by atoms with Gasteiger partial charge in [-0.25, -0.2) is 4.68 Å². The first-order valence-electron chi connectivity index (χ1n) is 6.57. The molecular weight excluding hydrogens is 256 g/mol. The second-order valence-corrected chi connectivity index (χ2v) is 4.51. The van der Waals surface area contributed by atoms with Gasteiger partial charge in [-0.1, -0.05) is 18.2 Å². The van der Waals surface area contributed by atoms with Gasteiger partial charge in [0.2, 0.25) is 5.88 Å². The van der Waals surface area contributed by atoms with E-state index in [9.17, 15) is 5.11 Å². The number of benzene rings is 1. The first-order valence-corrected chi connectivity index (χ1v) is 6.57. The number of aliphatic hydroxyl groups is 1. The molecule has 1 N–H and O–H groups in total. The topological polar surface area (TPSA) is 56.5 Å². The van der Waals surface area contributed by atoms with Crippen molar-refractivity contribution in [3.63, 3.8) is 0 Å². The standard InChI is InChI=1S/C15H20N2O3/c1-5-20-12-9-7-6-8-11(12)14(18)13-10(2)16-17(3)15(13)19-4/h6-9,14,18H,5H2,1-4H3. The van der Waals surface area contributed by atoms with E-state index in [4.69, 9.17) is 9.47 Å². The Balaban J connectivity index is 2.49. The lowest BCUT2D eigenvalue weighted by molar-refractivity contribution is 0.205. The third-order valence-electron chi connectivity index (χ3n) is 3.19. The normalized spacial score (nSPS) is 12.2. The van der Waals surface area contributed by atoms with Crippen molar-refractivity contribution in [1.82, 2.24) is 9.78 Å². The van der Waals surface area contributed by atoms with Crippen LogP contribution < -0.4 is 9.47 Å². The number of aliphatic hydroxyl groups excluding tert-OH is 1. The number of nitrogens with zero attached hydrogens (tertiary/aromatic N) is 2. The van der Waals surface area contributed by atoms with Gasteiger partial charge >= 0.3 is 0 Å². The van der Waals surface area contributed by atoms with E-state index in [1.165, 1.54) is 0 Å². The van der Waals surface area contributed by atoms with Crippen molar-refractivity contribution in [2.24, 2.45) is 7.05 Å². The number of para-hydroxylation sites is 1. The smallest absolute Gasteiger partial charge is 0.217 e. The van der Waals surface area contributed by atoms with Crippen molar-refractivity contribution in [2.75, 3.05) is 13.7 Å². The van der Waals surface area contributed by atoms with Gasteiger partial charge in [0, 0.05) is 12.6 Å². The summed E-state index contributed by atoms with van der Waals surface area (Å²) in [5.41, 5.74) is 2.12. The summed E-state index contributed by atoms with van der Waals surface area (Å²) >= 11 is 0. The molecule has 0 aliphatic carbocycles. The fourth-order valence-corrected chi connectivity index (χ4v) is 2.36. The summed E-state index contributed by atoms with van der Waals surface area (Å²) in [6.45, 7) is 4.32. The Labute approximate surface area is 118 Å². The third-order valence-corrected chi connectivity index (χ3v) is 3.19. The SMILES string of the molecule is CCOc1ccccc1C(O)c1c(C)nn(C)c1OC. The Hall–Kier alpha value is -2.01. The second-order valence-electron chi connectivity index (χ2n) is 4.51. The van der Waals surface area contributed by atoms with Crippen LogP contribution in [0.2, 0.25) is 0 Å². The van der Waals surface area contributed by atoms with E-state index in [0.29, 0.717) is 29.4 Å². The van der Waals surface area contributed by atoms with Gasteiger partial charge < -0.3 is 14.6 Å². The fraction of sp³-hybridized carbons (Fsp3) is 0.400. The van der Waals surface area contributed by atoms with E-state index in [1.807, 2.05) is 38.1 Å². The first kappa shape index (κ1) is 14.4. The zero-order valence-corrected chi connectivity index (χ0v) is 12.3. The minimum absolute atomic E-state index is 0.549. The van der Waals surface area contributed by atoms with Gasteiger partial charge in [-0.3, -0.25) is 0 Å². The summed E-state index contributed by atoms with van der Waals surface area (Å²) in [7, 11) is 3.36. The van der Waals surface area contributed by atoms with Gasteiger partial charge in [0.1, 0.15) is 11.9 Å². The zero-order valence-electron chi connectivity index (χ0n) is 12.3. The summed E-state index contributed by atoms with van der Waals surface area (Å²) in [5, 5.41) is 15.0. The summed E-state index contributed by atoms with van der Waals surface area (Å²) in [6, 6.07) is 7.45. The van der Waals surface area contributed by atoms with Crippen LogP contribution in [0, 0.1) is 6.92 Å². The van der Waals surface area contributed by atoms with Crippen molar-refractivity contribution in [3.8, 4) is 11.6 Å². The lowest BCUT2D eigenvalue weighted by Gasteiger charge is -2.16. The molecule has 1 heterocycles. The maximum absolute atomic E-state index is 10.7. The number of methoxy groups -OCH3 is 1. The molecule has 0 radical (unpaired) electrons. The number of aromatic nitrogens is 2. The molecule has 5 heteroatoms. The molecule has 2 rings (SSSR count). The van der Waals surface area contributed by atoms with Gasteiger partial charge in [-0.05, 0) is 19.9 Å². The van der Waals surface area contributed by atoms with E-state index in [0.717, 1.165) is 5.69 Å². The molecular formula is C15H20N2O3. The number of aryl methyl sites for hydroxylation is 2. The molecule has 1 aromatic heterocycles. The van der Waals surface area contributed by atoms with Crippen molar-refractivity contribution >= 4 is 0 Å². The van der Waals surface area contributed by atoms with E-state index >= 15 is 0 Å². The number of rotatable bonds is 5. The van der Waals surface area contributed by atoms with Gasteiger partial charge in [0.15, 0.2) is 0 Å². The van der Waals surface area contributed by atoms with Crippen LogP contribution in [0.25, 0.3) is 0 Å². The van der Waals surface area contributed by atoms with Crippen molar-refractivity contribution < 1.29 is 14.6 Å². The van der Waals surface area contributed by atoms with E-state index in [2.05, 4.69) is 5.10 Å². The highest BCUT2D eigenvalue weighted by atomic mass is 16.5. The summed E-state index contributed by atoms with van der Waals surface area (Å²) in [6.07, 6.45) is -0.832.